The molecule has 0 aromatic carbocycles. The van der Waals surface area contributed by atoms with Crippen molar-refractivity contribution < 1.29 is 4.74 Å². The second-order valence-electron chi connectivity index (χ2n) is 3.62. The summed E-state index contributed by atoms with van der Waals surface area (Å²) in [6.07, 6.45) is 4.00. The minimum Gasteiger partial charge on any atom is -0.377 e. The first kappa shape index (κ1) is 11.2. The number of nitrogens with one attached hydrogen (secondary N) is 1. The summed E-state index contributed by atoms with van der Waals surface area (Å²) in [6, 6.07) is 0.164. The van der Waals surface area contributed by atoms with Crippen LogP contribution in [0.25, 0.3) is 0 Å². The quantitative estimate of drug-likeness (QED) is 0.768. The Morgan fingerprint density at radius 3 is 2.71 bits per heavy atom. The maximum atomic E-state index is 5.56. The van der Waals surface area contributed by atoms with Gasteiger partial charge in [0.25, 0.3) is 0 Å². The molecule has 14 heavy (non-hydrogen) atoms. The highest BCUT2D eigenvalue weighted by Crippen LogP contribution is 2.10. The van der Waals surface area contributed by atoms with Crippen LogP contribution in [0.15, 0.2) is 12.4 Å². The van der Waals surface area contributed by atoms with Crippen molar-refractivity contribution >= 4 is 0 Å². The van der Waals surface area contributed by atoms with Gasteiger partial charge in [0, 0.05) is 19.4 Å². The molecule has 0 amide bonds. The molecule has 0 spiro atoms. The van der Waals surface area contributed by atoms with Gasteiger partial charge in [0.2, 0.25) is 0 Å². The van der Waals surface area contributed by atoms with Crippen LogP contribution >= 0.6 is 0 Å². The first-order chi connectivity index (χ1) is 6.65. The average molecular weight is 197 g/mol. The highest BCUT2D eigenvalue weighted by atomic mass is 16.5. The minimum atomic E-state index is 0.164. The Labute approximate surface area is 85.3 Å². The molecule has 0 aliphatic carbocycles. The third kappa shape index (κ3) is 2.82. The van der Waals surface area contributed by atoms with E-state index in [1.807, 2.05) is 38.7 Å². The van der Waals surface area contributed by atoms with E-state index in [0.29, 0.717) is 6.61 Å². The topological polar surface area (TPSA) is 39.1 Å². The van der Waals surface area contributed by atoms with E-state index >= 15 is 0 Å². The first-order valence-electron chi connectivity index (χ1n) is 4.91. The molecule has 0 saturated heterocycles. The highest BCUT2D eigenvalue weighted by molar-refractivity contribution is 4.98. The maximum Gasteiger partial charge on any atom is 0.127 e. The standard InChI is InChI=1S/C10H19N3O/c1-8(2)14-7-9(11-3)10-12-5-6-13(10)4/h5-6,8-9,11H,7H2,1-4H3. The number of imidazole rings is 1. The van der Waals surface area contributed by atoms with Crippen LogP contribution < -0.4 is 5.32 Å². The summed E-state index contributed by atoms with van der Waals surface area (Å²) < 4.78 is 7.56. The van der Waals surface area contributed by atoms with Gasteiger partial charge in [-0.2, -0.15) is 0 Å². The second-order valence-corrected chi connectivity index (χ2v) is 3.62. The number of ether oxygens (including phenoxy) is 1. The summed E-state index contributed by atoms with van der Waals surface area (Å²) in [5.41, 5.74) is 0. The van der Waals surface area contributed by atoms with E-state index in [0.717, 1.165) is 5.82 Å². The van der Waals surface area contributed by atoms with E-state index in [2.05, 4.69) is 10.3 Å². The lowest BCUT2D eigenvalue weighted by Gasteiger charge is -2.17. The zero-order valence-corrected chi connectivity index (χ0v) is 9.32. The summed E-state index contributed by atoms with van der Waals surface area (Å²) >= 11 is 0. The molecule has 0 aliphatic rings. The van der Waals surface area contributed by atoms with Gasteiger partial charge in [-0.15, -0.1) is 0 Å². The molecule has 0 bridgehead atoms. The molecule has 1 rings (SSSR count). The predicted octanol–water partition coefficient (Wildman–Crippen LogP) is 1.11. The van der Waals surface area contributed by atoms with Gasteiger partial charge >= 0.3 is 0 Å². The van der Waals surface area contributed by atoms with Crippen molar-refractivity contribution in [2.45, 2.75) is 26.0 Å². The van der Waals surface area contributed by atoms with Crippen molar-refractivity contribution in [3.63, 3.8) is 0 Å². The number of rotatable bonds is 5. The van der Waals surface area contributed by atoms with E-state index in [-0.39, 0.29) is 12.1 Å². The molecule has 80 valence electrons. The van der Waals surface area contributed by atoms with Crippen LogP contribution in [0.3, 0.4) is 0 Å². The zero-order valence-electron chi connectivity index (χ0n) is 9.32. The van der Waals surface area contributed by atoms with Gasteiger partial charge in [0.15, 0.2) is 0 Å². The van der Waals surface area contributed by atoms with Crippen LogP contribution in [0.4, 0.5) is 0 Å². The summed E-state index contributed by atoms with van der Waals surface area (Å²) in [4.78, 5) is 4.29. The molecule has 0 fully saturated rings. The molecule has 0 aliphatic heterocycles. The second kappa shape index (κ2) is 5.12. The molecule has 4 nitrogen and oxygen atoms in total. The summed E-state index contributed by atoms with van der Waals surface area (Å²) in [6.45, 7) is 4.72. The Kier molecular flexibility index (Phi) is 4.10. The molecule has 1 atom stereocenters. The van der Waals surface area contributed by atoms with Gasteiger partial charge < -0.3 is 14.6 Å². The lowest BCUT2D eigenvalue weighted by atomic mass is 10.3. The van der Waals surface area contributed by atoms with Crippen LogP contribution in [0.2, 0.25) is 0 Å². The van der Waals surface area contributed by atoms with Crippen molar-refractivity contribution in [3.8, 4) is 0 Å². The molecule has 1 aromatic rings. The predicted molar refractivity (Wildman–Crippen MR) is 56.1 cm³/mol. The van der Waals surface area contributed by atoms with Crippen LogP contribution in [0.1, 0.15) is 25.7 Å². The van der Waals surface area contributed by atoms with Crippen LogP contribution in [-0.2, 0) is 11.8 Å². The van der Waals surface area contributed by atoms with E-state index in [1.165, 1.54) is 0 Å². The summed E-state index contributed by atoms with van der Waals surface area (Å²) in [5.74, 6) is 1.01. The molecule has 1 aromatic heterocycles. The fourth-order valence-electron chi connectivity index (χ4n) is 1.29. The van der Waals surface area contributed by atoms with E-state index in [9.17, 15) is 0 Å². The van der Waals surface area contributed by atoms with Crippen molar-refractivity contribution in [1.29, 1.82) is 0 Å². The number of likely N-dealkylation sites (N-methyl/N-ethyl adjacent to an activating group) is 1. The molecular formula is C10H19N3O. The summed E-state index contributed by atoms with van der Waals surface area (Å²) in [7, 11) is 3.91. The normalized spacial score (nSPS) is 13.5. The fraction of sp³-hybridized carbons (Fsp3) is 0.700. The molecule has 0 radical (unpaired) electrons. The largest absolute Gasteiger partial charge is 0.377 e. The number of nitrogens with zero attached hydrogens (tertiary/aromatic N) is 2. The molecule has 0 saturated carbocycles. The molecule has 4 heteroatoms. The van der Waals surface area contributed by atoms with Crippen molar-refractivity contribution in [2.75, 3.05) is 13.7 Å². The molecule has 1 heterocycles. The molecular weight excluding hydrogens is 178 g/mol. The van der Waals surface area contributed by atoms with Gasteiger partial charge in [-0.25, -0.2) is 4.98 Å². The number of aryl methyl sites for hydroxylation is 1. The smallest absolute Gasteiger partial charge is 0.127 e. The van der Waals surface area contributed by atoms with Crippen LogP contribution in [-0.4, -0.2) is 29.3 Å². The maximum absolute atomic E-state index is 5.56. The van der Waals surface area contributed by atoms with Gasteiger partial charge in [-0.1, -0.05) is 0 Å². The number of aromatic nitrogens is 2. The van der Waals surface area contributed by atoms with E-state index in [4.69, 9.17) is 4.74 Å². The SMILES string of the molecule is CNC(COC(C)C)c1nccn1C. The Morgan fingerprint density at radius 2 is 2.29 bits per heavy atom. The Balaban J connectivity index is 2.58. The van der Waals surface area contributed by atoms with E-state index < -0.39 is 0 Å². The van der Waals surface area contributed by atoms with Gasteiger partial charge in [0.05, 0.1) is 18.8 Å². The molecule has 1 unspecified atom stereocenters. The van der Waals surface area contributed by atoms with Gasteiger partial charge in [-0.05, 0) is 20.9 Å². The lowest BCUT2D eigenvalue weighted by Crippen LogP contribution is -2.26. The average Bonchev–Trinajstić information content (AvgIpc) is 2.53. The van der Waals surface area contributed by atoms with Gasteiger partial charge in [-0.3, -0.25) is 0 Å². The highest BCUT2D eigenvalue weighted by Gasteiger charge is 2.14. The van der Waals surface area contributed by atoms with Crippen molar-refractivity contribution in [3.05, 3.63) is 18.2 Å². The minimum absolute atomic E-state index is 0.164. The third-order valence-electron chi connectivity index (χ3n) is 2.11. The first-order valence-corrected chi connectivity index (χ1v) is 4.91. The van der Waals surface area contributed by atoms with Crippen LogP contribution in [0.5, 0.6) is 0 Å². The Bertz CT molecular complexity index is 270. The lowest BCUT2D eigenvalue weighted by molar-refractivity contribution is 0.0605. The Hall–Kier alpha value is -0.870. The number of hydrogen-bond donors (Lipinski definition) is 1. The van der Waals surface area contributed by atoms with Crippen molar-refractivity contribution in [2.24, 2.45) is 7.05 Å². The number of hydrogen-bond acceptors (Lipinski definition) is 3. The van der Waals surface area contributed by atoms with E-state index in [1.54, 1.807) is 6.20 Å². The van der Waals surface area contributed by atoms with Gasteiger partial charge in [0.1, 0.15) is 5.82 Å². The monoisotopic (exact) mass is 197 g/mol. The summed E-state index contributed by atoms with van der Waals surface area (Å²) in [5, 5.41) is 3.19. The zero-order chi connectivity index (χ0) is 10.6. The Morgan fingerprint density at radius 1 is 1.57 bits per heavy atom. The molecule has 1 N–H and O–H groups in total. The van der Waals surface area contributed by atoms with Crippen molar-refractivity contribution in [1.82, 2.24) is 14.9 Å². The third-order valence-corrected chi connectivity index (χ3v) is 2.11. The fourth-order valence-corrected chi connectivity index (χ4v) is 1.29. The van der Waals surface area contributed by atoms with Crippen LogP contribution in [0, 0.1) is 0 Å².